The highest BCUT2D eigenvalue weighted by atomic mass is 35.5. The van der Waals surface area contributed by atoms with E-state index in [1.807, 2.05) is 0 Å². The van der Waals surface area contributed by atoms with Crippen molar-refractivity contribution in [2.45, 2.75) is 18.1 Å². The minimum absolute atomic E-state index is 0.0911. The Morgan fingerprint density at radius 1 is 1.07 bits per heavy atom. The zero-order chi connectivity index (χ0) is 20.4. The molecular weight excluding hydrogens is 447 g/mol. The van der Waals surface area contributed by atoms with E-state index in [-0.39, 0.29) is 38.0 Å². The van der Waals surface area contributed by atoms with Crippen molar-refractivity contribution >= 4 is 44.8 Å². The molecule has 0 bridgehead atoms. The molecule has 0 heterocycles. The SMILES string of the molecule is COc1ccc(CN(C)S(=O)(=O)c2c(Cl)cc(Cl)cc2Cl)cc1OC(F)F. The number of ether oxygens (including phenoxy) is 2. The highest BCUT2D eigenvalue weighted by molar-refractivity contribution is 7.89. The van der Waals surface area contributed by atoms with Crippen LogP contribution in [0.4, 0.5) is 8.78 Å². The van der Waals surface area contributed by atoms with E-state index in [0.29, 0.717) is 5.56 Å². The Morgan fingerprint density at radius 3 is 2.19 bits per heavy atom. The largest absolute Gasteiger partial charge is 0.493 e. The van der Waals surface area contributed by atoms with Crippen LogP contribution in [0.15, 0.2) is 35.2 Å². The van der Waals surface area contributed by atoms with Crippen molar-refractivity contribution in [3.63, 3.8) is 0 Å². The van der Waals surface area contributed by atoms with Gasteiger partial charge in [0.15, 0.2) is 11.5 Å². The fraction of sp³-hybridized carbons (Fsp3) is 0.250. The van der Waals surface area contributed by atoms with Crippen molar-refractivity contribution in [1.82, 2.24) is 4.31 Å². The van der Waals surface area contributed by atoms with Crippen LogP contribution in [0.1, 0.15) is 5.56 Å². The summed E-state index contributed by atoms with van der Waals surface area (Å²) in [7, 11) is -1.48. The van der Waals surface area contributed by atoms with Crippen LogP contribution in [0.5, 0.6) is 11.5 Å². The lowest BCUT2D eigenvalue weighted by Gasteiger charge is -2.20. The van der Waals surface area contributed by atoms with Crippen LogP contribution >= 0.6 is 34.8 Å². The molecule has 0 fully saturated rings. The van der Waals surface area contributed by atoms with Gasteiger partial charge in [0, 0.05) is 18.6 Å². The minimum atomic E-state index is -4.08. The van der Waals surface area contributed by atoms with Gasteiger partial charge in [-0.2, -0.15) is 13.1 Å². The normalized spacial score (nSPS) is 11.9. The molecule has 0 aliphatic heterocycles. The van der Waals surface area contributed by atoms with Gasteiger partial charge in [0.05, 0.1) is 17.2 Å². The summed E-state index contributed by atoms with van der Waals surface area (Å²) in [6.07, 6.45) is 0. The van der Waals surface area contributed by atoms with E-state index in [4.69, 9.17) is 39.5 Å². The maximum Gasteiger partial charge on any atom is 0.387 e. The van der Waals surface area contributed by atoms with Gasteiger partial charge in [-0.15, -0.1) is 0 Å². The molecule has 0 aromatic heterocycles. The molecule has 0 radical (unpaired) electrons. The molecule has 0 unspecified atom stereocenters. The van der Waals surface area contributed by atoms with Gasteiger partial charge in [0.2, 0.25) is 10.0 Å². The molecule has 0 aliphatic rings. The molecule has 0 N–H and O–H groups in total. The number of halogens is 5. The zero-order valence-corrected chi connectivity index (χ0v) is 17.1. The fourth-order valence-electron chi connectivity index (χ4n) is 2.28. The third-order valence-electron chi connectivity index (χ3n) is 3.48. The molecule has 0 atom stereocenters. The van der Waals surface area contributed by atoms with Gasteiger partial charge in [-0.1, -0.05) is 40.9 Å². The molecule has 0 amide bonds. The standard InChI is InChI=1S/C16H14Cl3F2NO4S/c1-22(27(23,24)15-11(18)6-10(17)7-12(15)19)8-9-3-4-13(25-2)14(5-9)26-16(20)21/h3-7,16H,8H2,1-2H3. The second kappa shape index (κ2) is 8.79. The summed E-state index contributed by atoms with van der Waals surface area (Å²) in [6.45, 7) is -3.21. The topological polar surface area (TPSA) is 55.8 Å². The van der Waals surface area contributed by atoms with Crippen molar-refractivity contribution in [2.75, 3.05) is 14.2 Å². The first-order valence-electron chi connectivity index (χ1n) is 7.29. The smallest absolute Gasteiger partial charge is 0.387 e. The van der Waals surface area contributed by atoms with E-state index in [9.17, 15) is 17.2 Å². The van der Waals surface area contributed by atoms with Crippen molar-refractivity contribution in [2.24, 2.45) is 0 Å². The number of hydrogen-bond acceptors (Lipinski definition) is 4. The molecule has 5 nitrogen and oxygen atoms in total. The minimum Gasteiger partial charge on any atom is -0.493 e. The maximum atomic E-state index is 12.8. The van der Waals surface area contributed by atoms with Crippen LogP contribution in [0.2, 0.25) is 15.1 Å². The number of benzene rings is 2. The lowest BCUT2D eigenvalue weighted by Crippen LogP contribution is -2.27. The summed E-state index contributed by atoms with van der Waals surface area (Å²) in [5, 5.41) is -0.0674. The average Bonchev–Trinajstić information content (AvgIpc) is 2.53. The Hall–Kier alpha value is -1.32. The number of rotatable bonds is 7. The lowest BCUT2D eigenvalue weighted by atomic mass is 10.2. The number of methoxy groups -OCH3 is 1. The maximum absolute atomic E-state index is 12.8. The Labute approximate surface area is 170 Å². The van der Waals surface area contributed by atoms with E-state index in [1.165, 1.54) is 44.5 Å². The highest BCUT2D eigenvalue weighted by Gasteiger charge is 2.27. The first-order chi connectivity index (χ1) is 12.6. The molecule has 11 heteroatoms. The molecule has 2 rings (SSSR count). The highest BCUT2D eigenvalue weighted by Crippen LogP contribution is 2.35. The predicted octanol–water partition coefficient (Wildman–Crippen LogP) is 5.08. The van der Waals surface area contributed by atoms with Crippen LogP contribution < -0.4 is 9.47 Å². The average molecular weight is 461 g/mol. The molecular formula is C16H14Cl3F2NO4S. The van der Waals surface area contributed by atoms with Crippen LogP contribution in [0, 0.1) is 0 Å². The first-order valence-corrected chi connectivity index (χ1v) is 9.86. The monoisotopic (exact) mass is 459 g/mol. The third kappa shape index (κ3) is 5.14. The Kier molecular flexibility index (Phi) is 7.15. The first kappa shape index (κ1) is 22.0. The molecule has 27 heavy (non-hydrogen) atoms. The van der Waals surface area contributed by atoms with E-state index in [0.717, 1.165) is 4.31 Å². The van der Waals surface area contributed by atoms with Crippen LogP contribution in [0.3, 0.4) is 0 Å². The molecule has 2 aromatic rings. The number of sulfonamides is 1. The van der Waals surface area contributed by atoms with Gasteiger partial charge in [-0.25, -0.2) is 8.42 Å². The van der Waals surface area contributed by atoms with Gasteiger partial charge >= 0.3 is 6.61 Å². The summed E-state index contributed by atoms with van der Waals surface area (Å²) in [5.41, 5.74) is 0.388. The van der Waals surface area contributed by atoms with Gasteiger partial charge in [-0.05, 0) is 29.8 Å². The van der Waals surface area contributed by atoms with Gasteiger partial charge in [-0.3, -0.25) is 0 Å². The van der Waals surface area contributed by atoms with E-state index in [1.54, 1.807) is 0 Å². The van der Waals surface area contributed by atoms with Crippen LogP contribution in [-0.4, -0.2) is 33.5 Å². The van der Waals surface area contributed by atoms with Crippen LogP contribution in [0.25, 0.3) is 0 Å². The second-order valence-electron chi connectivity index (χ2n) is 5.32. The van der Waals surface area contributed by atoms with E-state index < -0.39 is 16.6 Å². The zero-order valence-electron chi connectivity index (χ0n) is 14.0. The fourth-order valence-corrected chi connectivity index (χ4v) is 4.92. The lowest BCUT2D eigenvalue weighted by molar-refractivity contribution is -0.0512. The molecule has 148 valence electrons. The summed E-state index contributed by atoms with van der Waals surface area (Å²) in [6, 6.07) is 6.71. The predicted molar refractivity (Wildman–Crippen MR) is 99.8 cm³/mol. The second-order valence-corrected chi connectivity index (χ2v) is 8.56. The number of hydrogen-bond donors (Lipinski definition) is 0. The van der Waals surface area contributed by atoms with E-state index in [2.05, 4.69) is 4.74 Å². The molecule has 2 aromatic carbocycles. The van der Waals surface area contributed by atoms with Crippen molar-refractivity contribution in [3.05, 3.63) is 51.0 Å². The number of nitrogens with zero attached hydrogens (tertiary/aromatic N) is 1. The van der Waals surface area contributed by atoms with Gasteiger partial charge in [0.25, 0.3) is 0 Å². The Balaban J connectivity index is 2.35. The Bertz CT molecular complexity index is 918. The quantitative estimate of drug-likeness (QED) is 0.578. The van der Waals surface area contributed by atoms with E-state index >= 15 is 0 Å². The van der Waals surface area contributed by atoms with Crippen LogP contribution in [-0.2, 0) is 16.6 Å². The molecule has 0 aliphatic carbocycles. The summed E-state index contributed by atoms with van der Waals surface area (Å²) in [4.78, 5) is -0.296. The van der Waals surface area contributed by atoms with Crippen molar-refractivity contribution in [1.29, 1.82) is 0 Å². The molecule has 0 saturated heterocycles. The van der Waals surface area contributed by atoms with Crippen molar-refractivity contribution in [3.8, 4) is 11.5 Å². The summed E-state index contributed by atoms with van der Waals surface area (Å²) < 4.78 is 61.0. The number of alkyl halides is 2. The third-order valence-corrected chi connectivity index (χ3v) is 6.42. The summed E-state index contributed by atoms with van der Waals surface area (Å²) >= 11 is 17.8. The summed E-state index contributed by atoms with van der Waals surface area (Å²) in [5.74, 6) is -0.119. The molecule has 0 spiro atoms. The molecule has 0 saturated carbocycles. The van der Waals surface area contributed by atoms with Gasteiger partial charge < -0.3 is 9.47 Å². The Morgan fingerprint density at radius 2 is 1.67 bits per heavy atom. The van der Waals surface area contributed by atoms with Gasteiger partial charge in [0.1, 0.15) is 4.90 Å². The van der Waals surface area contributed by atoms with Crippen molar-refractivity contribution < 1.29 is 26.7 Å².